The average Bonchev–Trinajstić information content (AvgIpc) is 3.16. The lowest BCUT2D eigenvalue weighted by atomic mass is 10.0. The molecule has 1 aliphatic rings. The van der Waals surface area contributed by atoms with Crippen LogP contribution in [0, 0.1) is 0 Å². The van der Waals surface area contributed by atoms with Crippen molar-refractivity contribution in [1.82, 2.24) is 10.6 Å². The van der Waals surface area contributed by atoms with Gasteiger partial charge in [0.2, 0.25) is 5.91 Å². The van der Waals surface area contributed by atoms with Crippen LogP contribution in [0.1, 0.15) is 30.2 Å². The molecule has 0 spiro atoms. The van der Waals surface area contributed by atoms with E-state index in [9.17, 15) is 4.79 Å². The van der Waals surface area contributed by atoms with Crippen LogP contribution in [-0.2, 0) is 4.79 Å². The Morgan fingerprint density at radius 3 is 2.65 bits per heavy atom. The largest absolute Gasteiger partial charge is 0.467 e. The summed E-state index contributed by atoms with van der Waals surface area (Å²) >= 11 is 0. The van der Waals surface area contributed by atoms with E-state index in [0.29, 0.717) is 12.6 Å². The lowest BCUT2D eigenvalue weighted by Gasteiger charge is -2.17. The van der Waals surface area contributed by atoms with E-state index in [4.69, 9.17) is 4.42 Å². The van der Waals surface area contributed by atoms with Gasteiger partial charge < -0.3 is 15.1 Å². The molecule has 4 nitrogen and oxygen atoms in total. The van der Waals surface area contributed by atoms with Crippen LogP contribution in [0.3, 0.4) is 0 Å². The first-order valence-electron chi connectivity index (χ1n) is 6.94. The van der Waals surface area contributed by atoms with Crippen molar-refractivity contribution in [3.8, 4) is 0 Å². The molecule has 2 aromatic rings. The van der Waals surface area contributed by atoms with Gasteiger partial charge >= 0.3 is 0 Å². The fourth-order valence-electron chi connectivity index (χ4n) is 2.16. The summed E-state index contributed by atoms with van der Waals surface area (Å²) in [5.74, 6) is 0.734. The summed E-state index contributed by atoms with van der Waals surface area (Å²) in [5, 5.41) is 6.24. The third-order valence-corrected chi connectivity index (χ3v) is 3.39. The van der Waals surface area contributed by atoms with E-state index in [2.05, 4.69) is 10.6 Å². The lowest BCUT2D eigenvalue weighted by Crippen LogP contribution is -2.37. The molecule has 104 valence electrons. The first-order chi connectivity index (χ1) is 9.83. The van der Waals surface area contributed by atoms with Crippen LogP contribution in [0.5, 0.6) is 0 Å². The molecule has 1 atom stereocenters. The number of carbonyl (C=O) groups excluding carboxylic acids is 1. The van der Waals surface area contributed by atoms with Crippen molar-refractivity contribution in [3.63, 3.8) is 0 Å². The number of hydrogen-bond donors (Lipinski definition) is 2. The Bertz CT molecular complexity index is 547. The predicted octanol–water partition coefficient (Wildman–Crippen LogP) is 2.24. The summed E-state index contributed by atoms with van der Waals surface area (Å²) in [6.45, 7) is 0.356. The second kappa shape index (κ2) is 5.92. The standard InChI is InChI=1S/C16H18N2O2/c19-15(11-17-13-8-9-13)18-16(14-7-4-10-20-14)12-5-2-1-3-6-12/h1-7,10,13,16-17H,8-9,11H2,(H,18,19). The Morgan fingerprint density at radius 2 is 2.00 bits per heavy atom. The van der Waals surface area contributed by atoms with Gasteiger partial charge in [0.15, 0.2) is 0 Å². The van der Waals surface area contributed by atoms with Crippen LogP contribution in [0.25, 0.3) is 0 Å². The van der Waals surface area contributed by atoms with Crippen LogP contribution in [0.4, 0.5) is 0 Å². The maximum absolute atomic E-state index is 12.0. The van der Waals surface area contributed by atoms with Crippen LogP contribution < -0.4 is 10.6 Å². The van der Waals surface area contributed by atoms with E-state index in [0.717, 1.165) is 11.3 Å². The summed E-state index contributed by atoms with van der Waals surface area (Å²) in [7, 11) is 0. The van der Waals surface area contributed by atoms with Gasteiger partial charge in [0.05, 0.1) is 12.8 Å². The Labute approximate surface area is 118 Å². The van der Waals surface area contributed by atoms with E-state index < -0.39 is 0 Å². The van der Waals surface area contributed by atoms with Gasteiger partial charge in [-0.2, -0.15) is 0 Å². The van der Waals surface area contributed by atoms with Crippen LogP contribution in [0.2, 0.25) is 0 Å². The molecular weight excluding hydrogens is 252 g/mol. The van der Waals surface area contributed by atoms with Gasteiger partial charge in [-0.25, -0.2) is 0 Å². The first kappa shape index (κ1) is 12.9. The third kappa shape index (κ3) is 3.27. The summed E-state index contributed by atoms with van der Waals surface area (Å²) in [4.78, 5) is 12.0. The smallest absolute Gasteiger partial charge is 0.234 e. The number of amides is 1. The number of furan rings is 1. The van der Waals surface area contributed by atoms with Gasteiger partial charge in [-0.05, 0) is 30.5 Å². The van der Waals surface area contributed by atoms with Gasteiger partial charge in [0.25, 0.3) is 0 Å². The molecule has 1 aliphatic carbocycles. The van der Waals surface area contributed by atoms with Crippen molar-refractivity contribution >= 4 is 5.91 Å². The molecule has 0 radical (unpaired) electrons. The quantitative estimate of drug-likeness (QED) is 0.846. The molecule has 2 N–H and O–H groups in total. The minimum Gasteiger partial charge on any atom is -0.467 e. The van der Waals surface area contributed by atoms with Crippen molar-refractivity contribution < 1.29 is 9.21 Å². The third-order valence-electron chi connectivity index (χ3n) is 3.39. The van der Waals surface area contributed by atoms with Gasteiger partial charge in [0.1, 0.15) is 11.8 Å². The van der Waals surface area contributed by atoms with Gasteiger partial charge in [-0.1, -0.05) is 30.3 Å². The van der Waals surface area contributed by atoms with Crippen molar-refractivity contribution in [1.29, 1.82) is 0 Å². The highest BCUT2D eigenvalue weighted by atomic mass is 16.3. The molecule has 0 aliphatic heterocycles. The summed E-state index contributed by atoms with van der Waals surface area (Å²) < 4.78 is 5.45. The minimum absolute atomic E-state index is 0.0119. The monoisotopic (exact) mass is 270 g/mol. The first-order valence-corrected chi connectivity index (χ1v) is 6.94. The number of carbonyl (C=O) groups is 1. The van der Waals surface area contributed by atoms with Gasteiger partial charge in [-0.3, -0.25) is 4.79 Å². The van der Waals surface area contributed by atoms with Gasteiger partial charge in [-0.15, -0.1) is 0 Å². The van der Waals surface area contributed by atoms with E-state index in [1.165, 1.54) is 12.8 Å². The fourth-order valence-corrected chi connectivity index (χ4v) is 2.16. The molecule has 4 heteroatoms. The van der Waals surface area contributed by atoms with Crippen LogP contribution >= 0.6 is 0 Å². The molecule has 3 rings (SSSR count). The molecule has 1 unspecified atom stereocenters. The fraction of sp³-hybridized carbons (Fsp3) is 0.312. The van der Waals surface area contributed by atoms with Crippen molar-refractivity contribution in [3.05, 3.63) is 60.1 Å². The minimum atomic E-state index is -0.236. The van der Waals surface area contributed by atoms with E-state index in [-0.39, 0.29) is 11.9 Å². The SMILES string of the molecule is O=C(CNC1CC1)NC(c1ccccc1)c1ccco1. The molecule has 1 aromatic carbocycles. The molecule has 1 saturated carbocycles. The molecule has 1 amide bonds. The highest BCUT2D eigenvalue weighted by Crippen LogP contribution is 2.22. The zero-order chi connectivity index (χ0) is 13.8. The molecule has 1 aromatic heterocycles. The molecular formula is C16H18N2O2. The van der Waals surface area contributed by atoms with Crippen molar-refractivity contribution in [2.75, 3.05) is 6.54 Å². The van der Waals surface area contributed by atoms with Crippen molar-refractivity contribution in [2.45, 2.75) is 24.9 Å². The highest BCUT2D eigenvalue weighted by Gasteiger charge is 2.23. The van der Waals surface area contributed by atoms with Crippen molar-refractivity contribution in [2.24, 2.45) is 0 Å². The topological polar surface area (TPSA) is 54.3 Å². The Balaban J connectivity index is 1.70. The lowest BCUT2D eigenvalue weighted by molar-refractivity contribution is -0.120. The van der Waals surface area contributed by atoms with E-state index in [1.54, 1.807) is 6.26 Å². The van der Waals surface area contributed by atoms with E-state index >= 15 is 0 Å². The Morgan fingerprint density at radius 1 is 1.20 bits per heavy atom. The number of hydrogen-bond acceptors (Lipinski definition) is 3. The second-order valence-corrected chi connectivity index (χ2v) is 5.08. The van der Waals surface area contributed by atoms with Gasteiger partial charge in [0, 0.05) is 6.04 Å². The summed E-state index contributed by atoms with van der Waals surface area (Å²) in [6, 6.07) is 13.9. The average molecular weight is 270 g/mol. The zero-order valence-corrected chi connectivity index (χ0v) is 11.2. The maximum Gasteiger partial charge on any atom is 0.234 e. The maximum atomic E-state index is 12.0. The predicted molar refractivity (Wildman–Crippen MR) is 76.2 cm³/mol. The molecule has 20 heavy (non-hydrogen) atoms. The highest BCUT2D eigenvalue weighted by molar-refractivity contribution is 5.79. The molecule has 1 fully saturated rings. The number of benzene rings is 1. The normalized spacial score (nSPS) is 15.8. The van der Waals surface area contributed by atoms with Crippen LogP contribution in [-0.4, -0.2) is 18.5 Å². The zero-order valence-electron chi connectivity index (χ0n) is 11.2. The second-order valence-electron chi connectivity index (χ2n) is 5.08. The molecule has 0 bridgehead atoms. The summed E-state index contributed by atoms with van der Waals surface area (Å²) in [5.41, 5.74) is 1.02. The Hall–Kier alpha value is -2.07. The van der Waals surface area contributed by atoms with Crippen LogP contribution in [0.15, 0.2) is 53.1 Å². The number of nitrogens with one attached hydrogen (secondary N) is 2. The summed E-state index contributed by atoms with van der Waals surface area (Å²) in [6.07, 6.45) is 3.97. The Kier molecular flexibility index (Phi) is 3.83. The molecule has 0 saturated heterocycles. The van der Waals surface area contributed by atoms with E-state index in [1.807, 2.05) is 42.5 Å². The number of rotatable bonds is 6. The molecule has 1 heterocycles.